The van der Waals surface area contributed by atoms with Gasteiger partial charge in [0.15, 0.2) is 6.23 Å². The molecule has 4 rings (SSSR count). The summed E-state index contributed by atoms with van der Waals surface area (Å²) in [5.41, 5.74) is 2.92. The van der Waals surface area contributed by atoms with Crippen molar-refractivity contribution >= 4 is 16.9 Å². The molecule has 176 valence electrons. The van der Waals surface area contributed by atoms with E-state index in [1.165, 1.54) is 25.7 Å². The fraction of sp³-hybridized carbons (Fsp3) is 0.667. The van der Waals surface area contributed by atoms with Crippen LogP contribution in [0.2, 0.25) is 0 Å². The molecule has 1 N–H and O–H groups in total. The highest BCUT2D eigenvalue weighted by Crippen LogP contribution is 2.43. The first-order valence-corrected chi connectivity index (χ1v) is 12.3. The van der Waals surface area contributed by atoms with Crippen LogP contribution in [0.5, 0.6) is 5.75 Å². The second-order valence-electron chi connectivity index (χ2n) is 11.2. The summed E-state index contributed by atoms with van der Waals surface area (Å²) in [6.07, 6.45) is 5.87. The molecule has 0 saturated carbocycles. The maximum atomic E-state index is 13.5. The van der Waals surface area contributed by atoms with E-state index in [1.807, 2.05) is 26.8 Å². The number of hydrogen-bond donors (Lipinski definition) is 1. The number of carbonyl (C=O) groups excluding carboxylic acids is 1. The minimum absolute atomic E-state index is 0.149. The largest absolute Gasteiger partial charge is 0.475 e. The number of piperidine rings is 1. The van der Waals surface area contributed by atoms with Crippen molar-refractivity contribution in [3.8, 4) is 5.75 Å². The van der Waals surface area contributed by atoms with Gasteiger partial charge in [-0.2, -0.15) is 0 Å². The summed E-state index contributed by atoms with van der Waals surface area (Å²) in [6.45, 7) is 16.7. The number of ether oxygens (including phenoxy) is 2. The van der Waals surface area contributed by atoms with Crippen LogP contribution in [0.4, 0.5) is 0 Å². The molecule has 5 heteroatoms. The van der Waals surface area contributed by atoms with Gasteiger partial charge in [-0.3, -0.25) is 4.90 Å². The molecule has 5 nitrogen and oxygen atoms in total. The summed E-state index contributed by atoms with van der Waals surface area (Å²) in [7, 11) is 0. The Morgan fingerprint density at radius 2 is 2.00 bits per heavy atom. The minimum atomic E-state index is -0.584. The van der Waals surface area contributed by atoms with Gasteiger partial charge in [0.05, 0.1) is 5.56 Å². The van der Waals surface area contributed by atoms with Crippen LogP contribution in [0, 0.1) is 18.3 Å². The summed E-state index contributed by atoms with van der Waals surface area (Å²) >= 11 is 0. The van der Waals surface area contributed by atoms with Gasteiger partial charge in [-0.1, -0.05) is 34.1 Å². The van der Waals surface area contributed by atoms with Gasteiger partial charge in [0, 0.05) is 46.6 Å². The van der Waals surface area contributed by atoms with Gasteiger partial charge in [0.1, 0.15) is 11.4 Å². The van der Waals surface area contributed by atoms with Crippen molar-refractivity contribution in [3.63, 3.8) is 0 Å². The van der Waals surface area contributed by atoms with E-state index in [2.05, 4.69) is 43.6 Å². The van der Waals surface area contributed by atoms with Crippen LogP contribution in [0.3, 0.4) is 0 Å². The molecule has 1 fully saturated rings. The molecule has 2 atom stereocenters. The number of aromatic nitrogens is 1. The first-order valence-electron chi connectivity index (χ1n) is 12.3. The molecule has 2 aliphatic rings. The smallest absolute Gasteiger partial charge is 0.341 e. The second-order valence-corrected chi connectivity index (χ2v) is 11.2. The van der Waals surface area contributed by atoms with Crippen molar-refractivity contribution in [3.05, 3.63) is 29.0 Å². The molecule has 0 aliphatic carbocycles. The van der Waals surface area contributed by atoms with Gasteiger partial charge >= 0.3 is 5.97 Å². The van der Waals surface area contributed by atoms with Crippen LogP contribution in [0.25, 0.3) is 10.9 Å². The monoisotopic (exact) mass is 440 g/mol. The van der Waals surface area contributed by atoms with Crippen LogP contribution < -0.4 is 4.74 Å². The third kappa shape index (κ3) is 4.05. The van der Waals surface area contributed by atoms with E-state index in [4.69, 9.17) is 9.47 Å². The van der Waals surface area contributed by atoms with E-state index in [9.17, 15) is 4.79 Å². The first-order chi connectivity index (χ1) is 15.0. The fourth-order valence-corrected chi connectivity index (χ4v) is 4.97. The number of aromatic amines is 1. The zero-order valence-electron chi connectivity index (χ0n) is 20.9. The molecule has 2 aliphatic heterocycles. The lowest BCUT2D eigenvalue weighted by molar-refractivity contribution is -0.0572. The molecule has 3 heterocycles. The number of benzene rings is 1. The summed E-state index contributed by atoms with van der Waals surface area (Å²) in [4.78, 5) is 19.4. The molecular formula is C27H40N2O3. The van der Waals surface area contributed by atoms with Gasteiger partial charge in [0.25, 0.3) is 0 Å². The Morgan fingerprint density at radius 1 is 1.25 bits per heavy atom. The van der Waals surface area contributed by atoms with E-state index in [-0.39, 0.29) is 17.6 Å². The highest BCUT2D eigenvalue weighted by Gasteiger charge is 2.40. The van der Waals surface area contributed by atoms with Gasteiger partial charge in [-0.15, -0.1) is 0 Å². The van der Waals surface area contributed by atoms with E-state index in [1.54, 1.807) is 0 Å². The maximum Gasteiger partial charge on any atom is 0.341 e. The number of aryl methyl sites for hydroxylation is 1. The molecule has 0 unspecified atom stereocenters. The number of likely N-dealkylation sites (tertiary alicyclic amines) is 1. The van der Waals surface area contributed by atoms with E-state index < -0.39 is 5.60 Å². The van der Waals surface area contributed by atoms with Gasteiger partial charge in [-0.25, -0.2) is 4.79 Å². The number of H-pyrrole nitrogens is 1. The van der Waals surface area contributed by atoms with Crippen molar-refractivity contribution in [2.75, 3.05) is 13.1 Å². The zero-order valence-corrected chi connectivity index (χ0v) is 20.9. The molecule has 1 saturated heterocycles. The number of hydrogen-bond acceptors (Lipinski definition) is 4. The van der Waals surface area contributed by atoms with E-state index in [0.717, 1.165) is 47.4 Å². The summed E-state index contributed by atoms with van der Waals surface area (Å²) in [5.74, 6) is 1.13. The number of nitrogens with one attached hydrogen (secondary N) is 1. The summed E-state index contributed by atoms with van der Waals surface area (Å²) in [5, 5.41) is 0.985. The Kier molecular flexibility index (Phi) is 6.08. The van der Waals surface area contributed by atoms with E-state index in [0.29, 0.717) is 11.5 Å². The van der Waals surface area contributed by atoms with Gasteiger partial charge in [0.2, 0.25) is 0 Å². The number of nitrogens with zero attached hydrogens (tertiary/aromatic N) is 1. The van der Waals surface area contributed by atoms with Crippen molar-refractivity contribution in [2.45, 2.75) is 92.4 Å². The van der Waals surface area contributed by atoms with Crippen LogP contribution in [0.1, 0.15) is 88.8 Å². The van der Waals surface area contributed by atoms with Gasteiger partial charge in [-0.05, 0) is 58.6 Å². The molecule has 2 aromatic rings. The van der Waals surface area contributed by atoms with E-state index >= 15 is 0 Å². The Morgan fingerprint density at radius 3 is 2.69 bits per heavy atom. The summed E-state index contributed by atoms with van der Waals surface area (Å²) < 4.78 is 12.7. The topological polar surface area (TPSA) is 54.6 Å². The molecule has 1 aromatic carbocycles. The molecule has 1 aromatic heterocycles. The maximum absolute atomic E-state index is 13.5. The highest BCUT2D eigenvalue weighted by atomic mass is 16.6. The number of unbranched alkanes of at least 4 members (excludes halogenated alkanes) is 1. The number of esters is 1. The quantitative estimate of drug-likeness (QED) is 0.560. The normalized spacial score (nSPS) is 21.7. The third-order valence-electron chi connectivity index (χ3n) is 7.87. The lowest BCUT2D eigenvalue weighted by atomic mass is 9.79. The average Bonchev–Trinajstić information content (AvgIpc) is 3.06. The second kappa shape index (κ2) is 8.40. The van der Waals surface area contributed by atoms with Crippen molar-refractivity contribution in [2.24, 2.45) is 11.3 Å². The summed E-state index contributed by atoms with van der Waals surface area (Å²) in [6, 6.07) is 4.12. The fourth-order valence-electron chi connectivity index (χ4n) is 4.97. The SMILES string of the molecule is CCCCN1CCC[C@H]2Cc3c(ccc4[nH]c(C)c(C(=O)OC(C)(C)C(C)(C)C)c34)O[C@H]21. The molecule has 0 spiro atoms. The standard InChI is InChI=1S/C27H40N2O3/c1-8-9-14-29-15-10-11-18-16-19-21(31-24(18)29)13-12-20-23(19)22(17(2)28-20)25(30)32-27(6,7)26(3,4)5/h12-13,18,24,28H,8-11,14-16H2,1-7H3/t18-,24+/m0/s1. The molecular weight excluding hydrogens is 400 g/mol. The third-order valence-corrected chi connectivity index (χ3v) is 7.87. The predicted molar refractivity (Wildman–Crippen MR) is 129 cm³/mol. The number of fused-ring (bicyclic) bond motifs is 4. The van der Waals surface area contributed by atoms with Gasteiger partial charge < -0.3 is 14.5 Å². The van der Waals surface area contributed by atoms with Crippen molar-refractivity contribution < 1.29 is 14.3 Å². The average molecular weight is 441 g/mol. The predicted octanol–water partition coefficient (Wildman–Crippen LogP) is 6.23. The van der Waals surface area contributed by atoms with Crippen molar-refractivity contribution in [1.29, 1.82) is 0 Å². The molecule has 32 heavy (non-hydrogen) atoms. The van der Waals surface area contributed by atoms with Crippen LogP contribution in [-0.2, 0) is 11.2 Å². The zero-order chi connectivity index (χ0) is 23.3. The number of rotatable bonds is 5. The lowest BCUT2D eigenvalue weighted by Gasteiger charge is -2.44. The Balaban J connectivity index is 1.71. The lowest BCUT2D eigenvalue weighted by Crippen LogP contribution is -2.51. The Labute approximate surface area is 192 Å². The van der Waals surface area contributed by atoms with Crippen LogP contribution in [0.15, 0.2) is 12.1 Å². The number of carbonyl (C=O) groups is 1. The Hall–Kier alpha value is -2.01. The minimum Gasteiger partial charge on any atom is -0.475 e. The highest BCUT2D eigenvalue weighted by molar-refractivity contribution is 6.07. The molecule has 0 amide bonds. The van der Waals surface area contributed by atoms with Crippen molar-refractivity contribution in [1.82, 2.24) is 9.88 Å². The Bertz CT molecular complexity index is 998. The first kappa shape index (κ1) is 23.2. The van der Waals surface area contributed by atoms with Crippen LogP contribution >= 0.6 is 0 Å². The van der Waals surface area contributed by atoms with Crippen LogP contribution in [-0.4, -0.2) is 40.8 Å². The molecule has 0 radical (unpaired) electrons. The molecule has 0 bridgehead atoms.